The minimum absolute atomic E-state index is 0.127. The molecule has 1 N–H and O–H groups in total. The molecule has 2 rings (SSSR count). The number of hydrogen-bond donors (Lipinski definition) is 1. The van der Waals surface area contributed by atoms with E-state index in [-0.39, 0.29) is 16.6 Å². The molecule has 0 unspecified atom stereocenters. The highest BCUT2D eigenvalue weighted by Gasteiger charge is 2.21. The summed E-state index contributed by atoms with van der Waals surface area (Å²) >= 11 is 1.25. The first-order valence-corrected chi connectivity index (χ1v) is 11.8. The summed E-state index contributed by atoms with van der Waals surface area (Å²) in [5.41, 5.74) is 0.520. The van der Waals surface area contributed by atoms with E-state index in [0.29, 0.717) is 42.9 Å². The van der Waals surface area contributed by atoms with E-state index < -0.39 is 10.0 Å². The van der Waals surface area contributed by atoms with Gasteiger partial charge in [0.25, 0.3) is 0 Å². The molecule has 0 radical (unpaired) electrons. The summed E-state index contributed by atoms with van der Waals surface area (Å²) in [4.78, 5) is 12.5. The van der Waals surface area contributed by atoms with E-state index in [9.17, 15) is 13.2 Å². The van der Waals surface area contributed by atoms with Crippen molar-refractivity contribution in [3.8, 4) is 0 Å². The van der Waals surface area contributed by atoms with Crippen LogP contribution in [0.3, 0.4) is 0 Å². The average Bonchev–Trinajstić information content (AvgIpc) is 3.10. The van der Waals surface area contributed by atoms with E-state index in [2.05, 4.69) is 22.1 Å². The van der Waals surface area contributed by atoms with Crippen molar-refractivity contribution in [1.29, 1.82) is 0 Å². The van der Waals surface area contributed by atoms with Crippen molar-refractivity contribution in [1.82, 2.24) is 19.1 Å². The van der Waals surface area contributed by atoms with Gasteiger partial charge < -0.3 is 14.6 Å². The number of methoxy groups -OCH3 is 1. The first kappa shape index (κ1) is 24.1. The first-order valence-electron chi connectivity index (χ1n) is 9.42. The van der Waals surface area contributed by atoms with Gasteiger partial charge in [-0.15, -0.1) is 16.8 Å². The molecular weight excluding hydrogens is 426 g/mol. The third-order valence-electron chi connectivity index (χ3n) is 4.19. The quantitative estimate of drug-likeness (QED) is 0.388. The number of nitrogens with one attached hydrogen (secondary N) is 1. The molecule has 9 nitrogen and oxygen atoms in total. The third-order valence-corrected chi connectivity index (χ3v) is 7.22. The van der Waals surface area contributed by atoms with E-state index in [0.717, 1.165) is 0 Å². The van der Waals surface area contributed by atoms with Crippen molar-refractivity contribution in [3.05, 3.63) is 42.7 Å². The fourth-order valence-electron chi connectivity index (χ4n) is 2.72. The number of anilines is 1. The minimum Gasteiger partial charge on any atom is -0.377 e. The maximum Gasteiger partial charge on any atom is 0.243 e. The molecule has 0 saturated carbocycles. The fraction of sp³-hybridized carbons (Fsp3) is 0.421. The molecule has 164 valence electrons. The second-order valence-corrected chi connectivity index (χ2v) is 9.06. The molecule has 0 aliphatic heterocycles. The van der Waals surface area contributed by atoms with Gasteiger partial charge in [0, 0.05) is 32.4 Å². The van der Waals surface area contributed by atoms with Crippen LogP contribution >= 0.6 is 11.8 Å². The monoisotopic (exact) mass is 453 g/mol. The largest absolute Gasteiger partial charge is 0.377 e. The summed E-state index contributed by atoms with van der Waals surface area (Å²) in [5, 5.41) is 11.5. The predicted octanol–water partition coefficient (Wildman–Crippen LogP) is 2.37. The van der Waals surface area contributed by atoms with Gasteiger partial charge in [-0.2, -0.15) is 4.31 Å². The van der Waals surface area contributed by atoms with Crippen molar-refractivity contribution < 1.29 is 17.9 Å². The second kappa shape index (κ2) is 11.3. The standard InChI is InChI=1S/C19H27N5O4S2/c1-5-12-24-17(13-28-4)21-22-19(24)29-14-18(25)20-15-8-10-16(11-9-15)30(26,27)23(6-2)7-3/h5,8-11H,1,6-7,12-14H2,2-4H3,(H,20,25). The van der Waals surface area contributed by atoms with Gasteiger partial charge in [0.2, 0.25) is 15.9 Å². The molecule has 30 heavy (non-hydrogen) atoms. The minimum atomic E-state index is -3.53. The lowest BCUT2D eigenvalue weighted by molar-refractivity contribution is -0.113. The highest BCUT2D eigenvalue weighted by Crippen LogP contribution is 2.20. The Balaban J connectivity index is 2.00. The molecule has 0 saturated heterocycles. The van der Waals surface area contributed by atoms with Gasteiger partial charge in [-0.1, -0.05) is 31.7 Å². The molecular formula is C19H27N5O4S2. The molecule has 1 aromatic carbocycles. The number of thioether (sulfide) groups is 1. The zero-order valence-electron chi connectivity index (χ0n) is 17.4. The molecule has 0 aliphatic carbocycles. The van der Waals surface area contributed by atoms with Gasteiger partial charge in [-0.25, -0.2) is 8.42 Å². The zero-order chi connectivity index (χ0) is 22.1. The van der Waals surface area contributed by atoms with Gasteiger partial charge in [-0.05, 0) is 24.3 Å². The van der Waals surface area contributed by atoms with E-state index in [4.69, 9.17) is 4.74 Å². The second-order valence-electron chi connectivity index (χ2n) is 6.18. The van der Waals surface area contributed by atoms with E-state index >= 15 is 0 Å². The van der Waals surface area contributed by atoms with E-state index in [1.54, 1.807) is 39.2 Å². The number of sulfonamides is 1. The van der Waals surface area contributed by atoms with Gasteiger partial charge >= 0.3 is 0 Å². The van der Waals surface area contributed by atoms with Crippen LogP contribution in [0.2, 0.25) is 0 Å². The average molecular weight is 454 g/mol. The number of allylic oxidation sites excluding steroid dienone is 1. The Bertz CT molecular complexity index is 954. The Hall–Kier alpha value is -2.21. The number of nitrogens with zero attached hydrogens (tertiary/aromatic N) is 4. The number of hydrogen-bond acceptors (Lipinski definition) is 7. The fourth-order valence-corrected chi connectivity index (χ4v) is 4.95. The van der Waals surface area contributed by atoms with Crippen molar-refractivity contribution in [3.63, 3.8) is 0 Å². The Morgan fingerprint density at radius 2 is 1.93 bits per heavy atom. The number of aromatic nitrogens is 3. The van der Waals surface area contributed by atoms with E-state index in [1.165, 1.54) is 28.2 Å². The number of rotatable bonds is 12. The lowest BCUT2D eigenvalue weighted by Gasteiger charge is -2.18. The van der Waals surface area contributed by atoms with Crippen LogP contribution in [-0.4, -0.2) is 59.3 Å². The third kappa shape index (κ3) is 5.91. The molecule has 0 bridgehead atoms. The molecule has 1 heterocycles. The maximum absolute atomic E-state index is 12.5. The molecule has 2 aromatic rings. The van der Waals surface area contributed by atoms with Crippen LogP contribution in [0.1, 0.15) is 19.7 Å². The van der Waals surface area contributed by atoms with Crippen molar-refractivity contribution in [2.75, 3.05) is 31.3 Å². The highest BCUT2D eigenvalue weighted by atomic mass is 32.2. The Kier molecular flexibility index (Phi) is 9.03. The summed E-state index contributed by atoms with van der Waals surface area (Å²) in [5.74, 6) is 0.549. The Labute approximate surface area is 181 Å². The maximum atomic E-state index is 12.5. The Morgan fingerprint density at radius 1 is 1.27 bits per heavy atom. The van der Waals surface area contributed by atoms with Crippen LogP contribution in [0, 0.1) is 0 Å². The molecule has 0 aliphatic rings. The lowest BCUT2D eigenvalue weighted by atomic mass is 10.3. The van der Waals surface area contributed by atoms with Crippen LogP contribution in [-0.2, 0) is 32.7 Å². The molecule has 1 aromatic heterocycles. The topological polar surface area (TPSA) is 106 Å². The SMILES string of the molecule is C=CCn1c(COC)nnc1SCC(=O)Nc1ccc(S(=O)(=O)N(CC)CC)cc1. The van der Waals surface area contributed by atoms with Crippen LogP contribution < -0.4 is 5.32 Å². The molecule has 0 atom stereocenters. The number of amides is 1. The van der Waals surface area contributed by atoms with Crippen molar-refractivity contribution in [2.45, 2.75) is 37.1 Å². The van der Waals surface area contributed by atoms with Crippen LogP contribution in [0.25, 0.3) is 0 Å². The lowest BCUT2D eigenvalue weighted by Crippen LogP contribution is -2.30. The molecule has 1 amide bonds. The number of benzene rings is 1. The summed E-state index contributed by atoms with van der Waals surface area (Å²) in [6.45, 7) is 8.94. The summed E-state index contributed by atoms with van der Waals surface area (Å²) in [6, 6.07) is 6.15. The van der Waals surface area contributed by atoms with Gasteiger partial charge in [-0.3, -0.25) is 4.79 Å². The number of carbonyl (C=O) groups excluding carboxylic acids is 1. The predicted molar refractivity (Wildman–Crippen MR) is 117 cm³/mol. The van der Waals surface area contributed by atoms with Crippen LogP contribution in [0.4, 0.5) is 5.69 Å². The summed E-state index contributed by atoms with van der Waals surface area (Å²) in [6.07, 6.45) is 1.72. The van der Waals surface area contributed by atoms with Gasteiger partial charge in [0.05, 0.1) is 10.6 Å². The first-order chi connectivity index (χ1) is 14.4. The molecule has 0 fully saturated rings. The zero-order valence-corrected chi connectivity index (χ0v) is 19.0. The van der Waals surface area contributed by atoms with Gasteiger partial charge in [0.1, 0.15) is 6.61 Å². The van der Waals surface area contributed by atoms with Crippen LogP contribution in [0.5, 0.6) is 0 Å². The summed E-state index contributed by atoms with van der Waals surface area (Å²) < 4.78 is 33.4. The molecule has 0 spiro atoms. The highest BCUT2D eigenvalue weighted by molar-refractivity contribution is 7.99. The van der Waals surface area contributed by atoms with Crippen LogP contribution in [0.15, 0.2) is 47.0 Å². The van der Waals surface area contributed by atoms with Crippen molar-refractivity contribution >= 4 is 33.4 Å². The number of ether oxygens (including phenoxy) is 1. The molecule has 11 heteroatoms. The normalized spacial score (nSPS) is 11.6. The van der Waals surface area contributed by atoms with E-state index in [1.807, 2.05) is 4.57 Å². The Morgan fingerprint density at radius 3 is 2.50 bits per heavy atom. The summed E-state index contributed by atoms with van der Waals surface area (Å²) in [7, 11) is -1.95. The van der Waals surface area contributed by atoms with Gasteiger partial charge in [0.15, 0.2) is 11.0 Å². The van der Waals surface area contributed by atoms with Crippen molar-refractivity contribution in [2.24, 2.45) is 0 Å². The smallest absolute Gasteiger partial charge is 0.243 e. The number of carbonyl (C=O) groups is 1.